The lowest BCUT2D eigenvalue weighted by Gasteiger charge is -2.22. The fraction of sp³-hybridized carbons (Fsp3) is 0.227. The van der Waals surface area contributed by atoms with Gasteiger partial charge in [-0.25, -0.2) is 4.79 Å². The number of ether oxygens (including phenoxy) is 2. The number of urea groups is 1. The summed E-state index contributed by atoms with van der Waals surface area (Å²) in [6, 6.07) is 11.9. The van der Waals surface area contributed by atoms with Gasteiger partial charge in [0.15, 0.2) is 17.3 Å². The molecule has 1 fully saturated rings. The lowest BCUT2D eigenvalue weighted by atomic mass is 9.91. The normalized spacial score (nSPS) is 20.1. The highest BCUT2D eigenvalue weighted by Crippen LogP contribution is 2.38. The Balaban J connectivity index is 1.44. The summed E-state index contributed by atoms with van der Waals surface area (Å²) >= 11 is 0. The summed E-state index contributed by atoms with van der Waals surface area (Å²) in [5.74, 6) is 0.307. The molecular formula is C22H19N3O5. The molecule has 30 heavy (non-hydrogen) atoms. The fourth-order valence-electron chi connectivity index (χ4n) is 4.10. The molecule has 0 saturated carbocycles. The number of carbonyl (C=O) groups is 3. The zero-order valence-electron chi connectivity index (χ0n) is 16.4. The molecule has 3 heterocycles. The van der Waals surface area contributed by atoms with E-state index in [0.29, 0.717) is 28.3 Å². The van der Waals surface area contributed by atoms with Crippen molar-refractivity contribution in [2.75, 3.05) is 13.3 Å². The van der Waals surface area contributed by atoms with Gasteiger partial charge in [0.2, 0.25) is 6.79 Å². The summed E-state index contributed by atoms with van der Waals surface area (Å²) in [5.41, 5.74) is 1.28. The second-order valence-electron chi connectivity index (χ2n) is 7.61. The van der Waals surface area contributed by atoms with E-state index in [4.69, 9.17) is 9.47 Å². The molecule has 1 atom stereocenters. The van der Waals surface area contributed by atoms with Crippen LogP contribution in [0.1, 0.15) is 28.5 Å². The van der Waals surface area contributed by atoms with Crippen molar-refractivity contribution in [3.63, 3.8) is 0 Å². The van der Waals surface area contributed by atoms with Gasteiger partial charge in [-0.1, -0.05) is 24.3 Å². The van der Waals surface area contributed by atoms with Gasteiger partial charge in [0.25, 0.3) is 5.91 Å². The summed E-state index contributed by atoms with van der Waals surface area (Å²) < 4.78 is 10.7. The molecule has 0 radical (unpaired) electrons. The summed E-state index contributed by atoms with van der Waals surface area (Å²) in [4.78, 5) is 43.0. The molecule has 2 N–H and O–H groups in total. The monoisotopic (exact) mass is 405 g/mol. The molecule has 2 aliphatic rings. The molecule has 0 bridgehead atoms. The number of ketones is 1. The molecule has 1 aromatic heterocycles. The molecule has 3 aromatic rings. The number of imide groups is 1. The Morgan fingerprint density at radius 3 is 2.73 bits per heavy atom. The highest BCUT2D eigenvalue weighted by Gasteiger charge is 2.50. The van der Waals surface area contributed by atoms with E-state index in [1.165, 1.54) is 0 Å². The second-order valence-corrected chi connectivity index (χ2v) is 7.61. The van der Waals surface area contributed by atoms with Crippen LogP contribution in [0.4, 0.5) is 4.79 Å². The van der Waals surface area contributed by atoms with Gasteiger partial charge >= 0.3 is 6.03 Å². The second kappa shape index (κ2) is 6.35. The first-order valence-corrected chi connectivity index (χ1v) is 9.53. The molecule has 2 aromatic carbocycles. The first kappa shape index (κ1) is 18.2. The SMILES string of the molecule is Cc1[nH]c2ccccc2c1C(=O)CN1C(=O)NC(C)(c2ccc3c(c2)OCO3)C1=O. The average Bonchev–Trinajstić information content (AvgIpc) is 3.38. The van der Waals surface area contributed by atoms with Gasteiger partial charge < -0.3 is 19.8 Å². The molecule has 1 unspecified atom stereocenters. The van der Waals surface area contributed by atoms with Crippen LogP contribution in [0.15, 0.2) is 42.5 Å². The minimum Gasteiger partial charge on any atom is -0.454 e. The number of benzene rings is 2. The van der Waals surface area contributed by atoms with Crippen LogP contribution in [0.25, 0.3) is 10.9 Å². The van der Waals surface area contributed by atoms with Gasteiger partial charge in [-0.3, -0.25) is 14.5 Å². The number of para-hydroxylation sites is 1. The van der Waals surface area contributed by atoms with Crippen LogP contribution in [-0.4, -0.2) is 40.9 Å². The van der Waals surface area contributed by atoms with Crippen molar-refractivity contribution >= 4 is 28.6 Å². The maximum Gasteiger partial charge on any atom is 0.325 e. The zero-order chi connectivity index (χ0) is 21.0. The quantitative estimate of drug-likeness (QED) is 0.514. The number of aromatic nitrogens is 1. The lowest BCUT2D eigenvalue weighted by molar-refractivity contribution is -0.130. The molecule has 152 valence electrons. The predicted octanol–water partition coefficient (Wildman–Crippen LogP) is 2.85. The first-order chi connectivity index (χ1) is 14.4. The number of hydrogen-bond acceptors (Lipinski definition) is 5. The molecule has 1 saturated heterocycles. The summed E-state index contributed by atoms with van der Waals surface area (Å²) in [6.07, 6.45) is 0. The number of carbonyl (C=O) groups excluding carboxylic acids is 3. The number of aromatic amines is 1. The number of aryl methyl sites for hydroxylation is 1. The Bertz CT molecular complexity index is 1230. The predicted molar refractivity (Wildman–Crippen MR) is 108 cm³/mol. The van der Waals surface area contributed by atoms with Gasteiger partial charge in [0, 0.05) is 22.2 Å². The van der Waals surface area contributed by atoms with Gasteiger partial charge in [-0.15, -0.1) is 0 Å². The van der Waals surface area contributed by atoms with Crippen molar-refractivity contribution in [2.24, 2.45) is 0 Å². The van der Waals surface area contributed by atoms with E-state index in [1.54, 1.807) is 32.0 Å². The van der Waals surface area contributed by atoms with E-state index in [2.05, 4.69) is 10.3 Å². The topological polar surface area (TPSA) is 101 Å². The number of amides is 3. The van der Waals surface area contributed by atoms with Crippen molar-refractivity contribution < 1.29 is 23.9 Å². The number of fused-ring (bicyclic) bond motifs is 2. The van der Waals surface area contributed by atoms with E-state index in [0.717, 1.165) is 15.8 Å². The van der Waals surface area contributed by atoms with Crippen molar-refractivity contribution in [3.05, 3.63) is 59.3 Å². The molecule has 0 spiro atoms. The van der Waals surface area contributed by atoms with Crippen LogP contribution in [0.3, 0.4) is 0 Å². The summed E-state index contributed by atoms with van der Waals surface area (Å²) in [5, 5.41) is 3.49. The number of nitrogens with zero attached hydrogens (tertiary/aromatic N) is 1. The van der Waals surface area contributed by atoms with Crippen LogP contribution < -0.4 is 14.8 Å². The van der Waals surface area contributed by atoms with Gasteiger partial charge in [0.05, 0.1) is 6.54 Å². The van der Waals surface area contributed by atoms with Crippen molar-refractivity contribution in [1.29, 1.82) is 0 Å². The highest BCUT2D eigenvalue weighted by atomic mass is 16.7. The number of hydrogen-bond donors (Lipinski definition) is 2. The maximum absolute atomic E-state index is 13.2. The molecule has 8 heteroatoms. The molecular weight excluding hydrogens is 386 g/mol. The third kappa shape index (κ3) is 2.57. The third-order valence-corrected chi connectivity index (χ3v) is 5.70. The summed E-state index contributed by atoms with van der Waals surface area (Å²) in [6.45, 7) is 3.19. The standard InChI is InChI=1S/C22H19N3O5/c1-12-19(14-5-3-4-6-15(14)23-12)16(26)10-25-20(27)22(2,24-21(25)28)13-7-8-17-18(9-13)30-11-29-17/h3-9,23H,10-11H2,1-2H3,(H,24,28). The molecule has 3 amide bonds. The van der Waals surface area contributed by atoms with Crippen molar-refractivity contribution in [3.8, 4) is 11.5 Å². The van der Waals surface area contributed by atoms with Gasteiger partial charge in [-0.2, -0.15) is 0 Å². The first-order valence-electron chi connectivity index (χ1n) is 9.53. The zero-order valence-corrected chi connectivity index (χ0v) is 16.4. The van der Waals surface area contributed by atoms with Gasteiger partial charge in [-0.05, 0) is 37.6 Å². The van der Waals surface area contributed by atoms with E-state index < -0.39 is 17.5 Å². The Labute approximate surface area is 171 Å². The van der Waals surface area contributed by atoms with Crippen LogP contribution in [0.5, 0.6) is 11.5 Å². The largest absolute Gasteiger partial charge is 0.454 e. The molecule has 8 nitrogen and oxygen atoms in total. The average molecular weight is 405 g/mol. The Morgan fingerprint density at radius 2 is 1.90 bits per heavy atom. The fourth-order valence-corrected chi connectivity index (χ4v) is 4.10. The van der Waals surface area contributed by atoms with Crippen LogP contribution >= 0.6 is 0 Å². The number of H-pyrrole nitrogens is 1. The Hall–Kier alpha value is -3.81. The van der Waals surface area contributed by atoms with Crippen molar-refractivity contribution in [2.45, 2.75) is 19.4 Å². The maximum atomic E-state index is 13.2. The minimum atomic E-state index is -1.30. The number of rotatable bonds is 4. The molecule has 5 rings (SSSR count). The smallest absolute Gasteiger partial charge is 0.325 e. The Kier molecular flexibility index (Phi) is 3.86. The van der Waals surface area contributed by atoms with Crippen LogP contribution in [0, 0.1) is 6.92 Å². The minimum absolute atomic E-state index is 0.112. The van der Waals surface area contributed by atoms with Gasteiger partial charge in [0.1, 0.15) is 5.54 Å². The van der Waals surface area contributed by atoms with E-state index in [9.17, 15) is 14.4 Å². The van der Waals surface area contributed by atoms with E-state index in [-0.39, 0.29) is 19.1 Å². The highest BCUT2D eigenvalue weighted by molar-refractivity contribution is 6.15. The summed E-state index contributed by atoms with van der Waals surface area (Å²) in [7, 11) is 0. The lowest BCUT2D eigenvalue weighted by Crippen LogP contribution is -2.41. The number of Topliss-reactive ketones (excluding diaryl/α,β-unsaturated/α-hetero) is 1. The van der Waals surface area contributed by atoms with E-state index >= 15 is 0 Å². The van der Waals surface area contributed by atoms with Crippen LogP contribution in [-0.2, 0) is 10.3 Å². The number of nitrogens with one attached hydrogen (secondary N) is 2. The molecule has 2 aliphatic heterocycles. The third-order valence-electron chi connectivity index (χ3n) is 5.70. The van der Waals surface area contributed by atoms with Crippen LogP contribution in [0.2, 0.25) is 0 Å². The molecule has 0 aliphatic carbocycles. The van der Waals surface area contributed by atoms with Crippen molar-refractivity contribution in [1.82, 2.24) is 15.2 Å². The Morgan fingerprint density at radius 1 is 1.13 bits per heavy atom. The van der Waals surface area contributed by atoms with E-state index in [1.807, 2.05) is 24.3 Å².